The lowest BCUT2D eigenvalue weighted by molar-refractivity contribution is -0.121. The number of rotatable bonds is 5. The molecule has 0 atom stereocenters. The summed E-state index contributed by atoms with van der Waals surface area (Å²) in [6.45, 7) is 2.82. The minimum atomic E-state index is -0.0807. The first-order valence-corrected chi connectivity index (χ1v) is 10.8. The number of carbonyl (C=O) groups is 1. The van der Waals surface area contributed by atoms with Gasteiger partial charge in [-0.3, -0.25) is 9.69 Å². The fourth-order valence-corrected chi connectivity index (χ4v) is 4.96. The Labute approximate surface area is 185 Å². The molecule has 1 amide bonds. The molecule has 3 nitrogen and oxygen atoms in total. The predicted octanol–water partition coefficient (Wildman–Crippen LogP) is 6.56. The maximum absolute atomic E-state index is 12.3. The Morgan fingerprint density at radius 1 is 1.26 bits per heavy atom. The van der Waals surface area contributed by atoms with Crippen LogP contribution in [0.15, 0.2) is 45.8 Å². The van der Waals surface area contributed by atoms with Crippen LogP contribution in [0.2, 0.25) is 10.0 Å². The van der Waals surface area contributed by atoms with Crippen molar-refractivity contribution in [2.75, 3.05) is 6.54 Å². The number of benzene rings is 2. The molecule has 0 aliphatic carbocycles. The molecule has 27 heavy (non-hydrogen) atoms. The molecule has 3 rings (SSSR count). The number of hydrogen-bond donors (Lipinski definition) is 0. The third-order valence-electron chi connectivity index (χ3n) is 3.80. The Kier molecular flexibility index (Phi) is 6.87. The number of thiocarbonyl (C=S) groups is 1. The smallest absolute Gasteiger partial charge is 0.266 e. The van der Waals surface area contributed by atoms with Crippen molar-refractivity contribution < 1.29 is 9.53 Å². The van der Waals surface area contributed by atoms with E-state index in [1.807, 2.05) is 37.3 Å². The lowest BCUT2D eigenvalue weighted by atomic mass is 10.2. The Morgan fingerprint density at radius 2 is 1.96 bits per heavy atom. The monoisotopic (exact) mass is 501 g/mol. The van der Waals surface area contributed by atoms with E-state index in [0.29, 0.717) is 42.6 Å². The minimum Gasteiger partial charge on any atom is -0.486 e. The number of thioether (sulfide) groups is 1. The van der Waals surface area contributed by atoms with Gasteiger partial charge in [-0.1, -0.05) is 59.3 Å². The summed E-state index contributed by atoms with van der Waals surface area (Å²) in [6, 6.07) is 11.0. The van der Waals surface area contributed by atoms with Gasteiger partial charge in [0.25, 0.3) is 5.91 Å². The third kappa shape index (κ3) is 4.87. The van der Waals surface area contributed by atoms with E-state index in [1.165, 1.54) is 11.8 Å². The Hall–Kier alpha value is -1.05. The van der Waals surface area contributed by atoms with E-state index in [0.717, 1.165) is 11.1 Å². The van der Waals surface area contributed by atoms with Gasteiger partial charge in [0, 0.05) is 11.6 Å². The van der Waals surface area contributed by atoms with Crippen molar-refractivity contribution in [3.8, 4) is 5.75 Å². The van der Waals surface area contributed by atoms with Gasteiger partial charge < -0.3 is 4.74 Å². The fraction of sp³-hybridized carbons (Fsp3) is 0.158. The van der Waals surface area contributed by atoms with E-state index in [-0.39, 0.29) is 5.91 Å². The number of amides is 1. The molecule has 0 N–H and O–H groups in total. The number of carbonyl (C=O) groups excluding carboxylic acids is 1. The minimum absolute atomic E-state index is 0.0807. The summed E-state index contributed by atoms with van der Waals surface area (Å²) in [6.07, 6.45) is 1.79. The molecule has 0 spiro atoms. The molecule has 0 bridgehead atoms. The first-order chi connectivity index (χ1) is 12.9. The zero-order valence-corrected chi connectivity index (χ0v) is 18.9. The average molecular weight is 503 g/mol. The molecule has 1 fully saturated rings. The number of ether oxygens (including phenoxy) is 1. The Balaban J connectivity index is 1.79. The molecule has 1 aliphatic heterocycles. The van der Waals surface area contributed by atoms with Crippen LogP contribution in [0.4, 0.5) is 0 Å². The highest BCUT2D eigenvalue weighted by Gasteiger charge is 2.30. The normalized spacial score (nSPS) is 15.7. The maximum atomic E-state index is 12.3. The Morgan fingerprint density at radius 3 is 2.56 bits per heavy atom. The topological polar surface area (TPSA) is 29.5 Å². The quantitative estimate of drug-likeness (QED) is 0.342. The highest BCUT2D eigenvalue weighted by Crippen LogP contribution is 2.38. The van der Waals surface area contributed by atoms with E-state index in [9.17, 15) is 4.79 Å². The lowest BCUT2D eigenvalue weighted by Crippen LogP contribution is -2.27. The number of halogens is 3. The average Bonchev–Trinajstić information content (AvgIpc) is 2.88. The molecule has 140 valence electrons. The fourth-order valence-electron chi connectivity index (χ4n) is 2.46. The van der Waals surface area contributed by atoms with Crippen molar-refractivity contribution >= 4 is 79.4 Å². The molecule has 1 heterocycles. The first kappa shape index (κ1) is 20.7. The van der Waals surface area contributed by atoms with Gasteiger partial charge in [0.1, 0.15) is 10.9 Å². The summed E-state index contributed by atoms with van der Waals surface area (Å²) >= 11 is 22.3. The van der Waals surface area contributed by atoms with Gasteiger partial charge in [0.15, 0.2) is 5.75 Å². The van der Waals surface area contributed by atoms with Crippen molar-refractivity contribution in [3.05, 3.63) is 66.9 Å². The summed E-state index contributed by atoms with van der Waals surface area (Å²) < 4.78 is 7.13. The second-order valence-electron chi connectivity index (χ2n) is 5.65. The van der Waals surface area contributed by atoms with Gasteiger partial charge in [-0.05, 0) is 64.3 Å². The SMILES string of the molecule is CCN1C(=O)/C(=C/c2cc(Cl)c(OCc3ccc(Cl)cc3)c(Br)c2)SC1=S. The molecular formula is C19H14BrCl2NO2S2. The van der Waals surface area contributed by atoms with Crippen molar-refractivity contribution in [2.24, 2.45) is 0 Å². The molecule has 0 radical (unpaired) electrons. The third-order valence-corrected chi connectivity index (χ3v) is 6.30. The highest BCUT2D eigenvalue weighted by atomic mass is 79.9. The summed E-state index contributed by atoms with van der Waals surface area (Å²) in [4.78, 5) is 14.5. The van der Waals surface area contributed by atoms with Gasteiger partial charge in [0.05, 0.1) is 14.4 Å². The molecule has 0 unspecified atom stereocenters. The molecule has 1 saturated heterocycles. The van der Waals surface area contributed by atoms with Crippen molar-refractivity contribution in [2.45, 2.75) is 13.5 Å². The van der Waals surface area contributed by atoms with E-state index >= 15 is 0 Å². The number of nitrogens with zero attached hydrogens (tertiary/aromatic N) is 1. The second kappa shape index (κ2) is 8.97. The Bertz CT molecular complexity index is 909. The van der Waals surface area contributed by atoms with Gasteiger partial charge in [-0.2, -0.15) is 0 Å². The molecule has 0 saturated carbocycles. The van der Waals surface area contributed by atoms with Gasteiger partial charge in [-0.25, -0.2) is 0 Å². The number of hydrogen-bond acceptors (Lipinski definition) is 4. The maximum Gasteiger partial charge on any atom is 0.266 e. The summed E-state index contributed by atoms with van der Waals surface area (Å²) in [5.74, 6) is 0.465. The zero-order valence-electron chi connectivity index (χ0n) is 14.2. The van der Waals surface area contributed by atoms with Gasteiger partial charge in [0.2, 0.25) is 0 Å². The van der Waals surface area contributed by atoms with Crippen molar-refractivity contribution in [1.82, 2.24) is 4.90 Å². The van der Waals surface area contributed by atoms with E-state index in [4.69, 9.17) is 40.2 Å². The summed E-state index contributed by atoms with van der Waals surface area (Å²) in [7, 11) is 0. The number of likely N-dealkylation sites (N-methyl/N-ethyl adjacent to an activating group) is 1. The van der Waals surface area contributed by atoms with Crippen LogP contribution >= 0.6 is 63.1 Å². The summed E-state index contributed by atoms with van der Waals surface area (Å²) in [5, 5.41) is 1.13. The largest absolute Gasteiger partial charge is 0.486 e. The van der Waals surface area contributed by atoms with Crippen LogP contribution in [0.5, 0.6) is 5.75 Å². The second-order valence-corrected chi connectivity index (χ2v) is 9.03. The molecular weight excluding hydrogens is 489 g/mol. The molecule has 2 aromatic rings. The van der Waals surface area contributed by atoms with E-state index in [1.54, 1.807) is 17.0 Å². The van der Waals surface area contributed by atoms with Crippen LogP contribution in [0, 0.1) is 0 Å². The van der Waals surface area contributed by atoms with Crippen molar-refractivity contribution in [1.29, 1.82) is 0 Å². The summed E-state index contributed by atoms with van der Waals surface area (Å²) in [5.41, 5.74) is 1.78. The predicted molar refractivity (Wildman–Crippen MR) is 120 cm³/mol. The van der Waals surface area contributed by atoms with Gasteiger partial charge >= 0.3 is 0 Å². The molecule has 0 aromatic heterocycles. The lowest BCUT2D eigenvalue weighted by Gasteiger charge is -2.12. The first-order valence-electron chi connectivity index (χ1n) is 8.00. The van der Waals surface area contributed by atoms with Crippen molar-refractivity contribution in [3.63, 3.8) is 0 Å². The van der Waals surface area contributed by atoms with Crippen LogP contribution in [0.3, 0.4) is 0 Å². The molecule has 1 aliphatic rings. The van der Waals surface area contributed by atoms with E-state index < -0.39 is 0 Å². The van der Waals surface area contributed by atoms with E-state index in [2.05, 4.69) is 15.9 Å². The highest BCUT2D eigenvalue weighted by molar-refractivity contribution is 9.10. The van der Waals surface area contributed by atoms with Crippen LogP contribution in [-0.4, -0.2) is 21.7 Å². The van der Waals surface area contributed by atoms with Crippen LogP contribution in [0.1, 0.15) is 18.1 Å². The van der Waals surface area contributed by atoms with Crippen LogP contribution in [-0.2, 0) is 11.4 Å². The van der Waals surface area contributed by atoms with Crippen LogP contribution in [0.25, 0.3) is 6.08 Å². The van der Waals surface area contributed by atoms with Gasteiger partial charge in [-0.15, -0.1) is 0 Å². The molecule has 2 aromatic carbocycles. The molecule has 8 heteroatoms. The standard InChI is InChI=1S/C19H14BrCl2NO2S2/c1-2-23-18(24)16(27-19(23)26)9-12-7-14(20)17(15(22)8-12)25-10-11-3-5-13(21)6-4-11/h3-9H,2,10H2,1H3/b16-9-. The van der Waals surface area contributed by atoms with Crippen LogP contribution < -0.4 is 4.74 Å². The zero-order chi connectivity index (χ0) is 19.6.